The van der Waals surface area contributed by atoms with E-state index in [-0.39, 0.29) is 18.1 Å². The summed E-state index contributed by atoms with van der Waals surface area (Å²) in [6, 6.07) is 17.0. The lowest BCUT2D eigenvalue weighted by molar-refractivity contribution is -0.127. The van der Waals surface area contributed by atoms with Gasteiger partial charge in [-0.1, -0.05) is 24.8 Å². The van der Waals surface area contributed by atoms with E-state index in [4.69, 9.17) is 14.6 Å². The highest BCUT2D eigenvalue weighted by atomic mass is 16.6. The quantitative estimate of drug-likeness (QED) is 0.312. The van der Waals surface area contributed by atoms with Crippen LogP contribution in [0.5, 0.6) is 11.5 Å². The fraction of sp³-hybridized carbons (Fsp3) is 0.276. The Morgan fingerprint density at radius 3 is 2.54 bits per heavy atom. The summed E-state index contributed by atoms with van der Waals surface area (Å²) in [5.74, 6) is 1.60. The van der Waals surface area contributed by atoms with Crippen molar-refractivity contribution in [2.24, 2.45) is 0 Å². The number of hydrogen-bond acceptors (Lipinski definition) is 7. The van der Waals surface area contributed by atoms with E-state index in [1.54, 1.807) is 18.7 Å². The standard InChI is InChI=1S/C29H30N6O4/c1-4-24(36)34-16-8-9-21(17-34)35-28-25(27(30-18-31-28)32-29(37)38-19(2)3)26(33-35)20-12-14-23(15-13-20)39-22-10-6-5-7-11-22/h4-7,10-15,18-19,21H,1,8-9,16-17H2,2-3H3,(H,30,31,32,37)/t21-/m1/s1. The third kappa shape index (κ3) is 5.74. The van der Waals surface area contributed by atoms with Crippen LogP contribution in [0, 0.1) is 0 Å². The lowest BCUT2D eigenvalue weighted by Crippen LogP contribution is -2.40. The van der Waals surface area contributed by atoms with Crippen molar-refractivity contribution in [3.63, 3.8) is 0 Å². The number of fused-ring (bicyclic) bond motifs is 1. The number of nitrogens with one attached hydrogen (secondary N) is 1. The van der Waals surface area contributed by atoms with Gasteiger partial charge in [0.05, 0.1) is 17.5 Å². The molecule has 1 aliphatic heterocycles. The van der Waals surface area contributed by atoms with Crippen LogP contribution >= 0.6 is 0 Å². The lowest BCUT2D eigenvalue weighted by Gasteiger charge is -2.32. The number of amides is 2. The van der Waals surface area contributed by atoms with Crippen LogP contribution in [0.4, 0.5) is 10.6 Å². The topological polar surface area (TPSA) is 111 Å². The van der Waals surface area contributed by atoms with Gasteiger partial charge in [0.25, 0.3) is 0 Å². The summed E-state index contributed by atoms with van der Waals surface area (Å²) in [4.78, 5) is 35.5. The van der Waals surface area contributed by atoms with Crippen molar-refractivity contribution in [1.29, 1.82) is 0 Å². The molecule has 0 bridgehead atoms. The maximum atomic E-state index is 12.5. The molecular weight excluding hydrogens is 496 g/mol. The first-order valence-corrected chi connectivity index (χ1v) is 12.9. The Kier molecular flexibility index (Phi) is 7.53. The molecule has 3 heterocycles. The van der Waals surface area contributed by atoms with Crippen molar-refractivity contribution < 1.29 is 19.1 Å². The fourth-order valence-electron chi connectivity index (χ4n) is 4.65. The smallest absolute Gasteiger partial charge is 0.413 e. The lowest BCUT2D eigenvalue weighted by atomic mass is 10.1. The number of aromatic nitrogens is 4. The van der Waals surface area contributed by atoms with Crippen LogP contribution in [0.1, 0.15) is 32.7 Å². The first-order valence-electron chi connectivity index (χ1n) is 12.9. The number of carbonyl (C=O) groups is 2. The van der Waals surface area contributed by atoms with E-state index in [0.29, 0.717) is 41.4 Å². The highest BCUT2D eigenvalue weighted by Crippen LogP contribution is 2.36. The molecule has 1 atom stereocenters. The third-order valence-corrected chi connectivity index (χ3v) is 6.39. The van der Waals surface area contributed by atoms with Gasteiger partial charge in [0.2, 0.25) is 5.91 Å². The predicted molar refractivity (Wildman–Crippen MR) is 148 cm³/mol. The van der Waals surface area contributed by atoms with Gasteiger partial charge in [-0.05, 0) is 69.2 Å². The van der Waals surface area contributed by atoms with Crippen molar-refractivity contribution in [3.05, 3.63) is 73.6 Å². The molecule has 4 aromatic rings. The van der Waals surface area contributed by atoms with Crippen LogP contribution in [0.2, 0.25) is 0 Å². The number of para-hydroxylation sites is 1. The summed E-state index contributed by atoms with van der Waals surface area (Å²) in [6.45, 7) is 8.32. The van der Waals surface area contributed by atoms with Crippen LogP contribution in [0.3, 0.4) is 0 Å². The molecule has 10 heteroatoms. The summed E-state index contributed by atoms with van der Waals surface area (Å²) < 4.78 is 13.1. The molecule has 0 spiro atoms. The van der Waals surface area contributed by atoms with Crippen LogP contribution in [-0.4, -0.2) is 55.8 Å². The Bertz CT molecular complexity index is 1480. The Morgan fingerprint density at radius 2 is 1.82 bits per heavy atom. The zero-order chi connectivity index (χ0) is 27.4. The number of rotatable bonds is 7. The number of carbonyl (C=O) groups excluding carboxylic acids is 2. The molecule has 39 heavy (non-hydrogen) atoms. The molecule has 0 saturated carbocycles. The highest BCUT2D eigenvalue weighted by molar-refractivity contribution is 6.03. The molecular formula is C29H30N6O4. The van der Waals surface area contributed by atoms with Crippen molar-refractivity contribution >= 4 is 28.9 Å². The minimum atomic E-state index is -0.615. The fourth-order valence-corrected chi connectivity index (χ4v) is 4.65. The number of likely N-dealkylation sites (tertiary alicyclic amines) is 1. The highest BCUT2D eigenvalue weighted by Gasteiger charge is 2.28. The van der Waals surface area contributed by atoms with E-state index in [1.807, 2.05) is 59.3 Å². The van der Waals surface area contributed by atoms with E-state index in [0.717, 1.165) is 24.2 Å². The van der Waals surface area contributed by atoms with Gasteiger partial charge in [-0.25, -0.2) is 19.4 Å². The van der Waals surface area contributed by atoms with E-state index in [2.05, 4.69) is 21.9 Å². The molecule has 1 aliphatic rings. The van der Waals surface area contributed by atoms with Crippen LogP contribution in [-0.2, 0) is 9.53 Å². The molecule has 5 rings (SSSR count). The monoisotopic (exact) mass is 526 g/mol. The predicted octanol–water partition coefficient (Wildman–Crippen LogP) is 5.59. The van der Waals surface area contributed by atoms with Gasteiger partial charge in [-0.15, -0.1) is 0 Å². The molecule has 1 saturated heterocycles. The number of anilines is 1. The zero-order valence-electron chi connectivity index (χ0n) is 21.9. The van der Waals surface area contributed by atoms with Gasteiger partial charge in [-0.2, -0.15) is 5.10 Å². The van der Waals surface area contributed by atoms with Gasteiger partial charge in [-0.3, -0.25) is 10.1 Å². The average molecular weight is 527 g/mol. The van der Waals surface area contributed by atoms with Gasteiger partial charge in [0.1, 0.15) is 23.5 Å². The molecule has 10 nitrogen and oxygen atoms in total. The number of piperidine rings is 1. The number of ether oxygens (including phenoxy) is 2. The van der Waals surface area contributed by atoms with Crippen molar-refractivity contribution in [2.45, 2.75) is 38.8 Å². The van der Waals surface area contributed by atoms with E-state index < -0.39 is 6.09 Å². The van der Waals surface area contributed by atoms with Gasteiger partial charge < -0.3 is 14.4 Å². The van der Waals surface area contributed by atoms with E-state index >= 15 is 0 Å². The molecule has 2 amide bonds. The third-order valence-electron chi connectivity index (χ3n) is 6.39. The van der Waals surface area contributed by atoms with Crippen LogP contribution in [0.15, 0.2) is 73.6 Å². The largest absolute Gasteiger partial charge is 0.457 e. The molecule has 0 radical (unpaired) electrons. The summed E-state index contributed by atoms with van der Waals surface area (Å²) >= 11 is 0. The number of nitrogens with zero attached hydrogens (tertiary/aromatic N) is 5. The van der Waals surface area contributed by atoms with E-state index in [1.165, 1.54) is 12.4 Å². The van der Waals surface area contributed by atoms with Crippen LogP contribution in [0.25, 0.3) is 22.3 Å². The Hall–Kier alpha value is -4.73. The van der Waals surface area contributed by atoms with Crippen molar-refractivity contribution in [2.75, 3.05) is 18.4 Å². The minimum Gasteiger partial charge on any atom is -0.457 e. The van der Waals surface area contributed by atoms with Crippen LogP contribution < -0.4 is 10.1 Å². The van der Waals surface area contributed by atoms with Gasteiger partial charge in [0, 0.05) is 18.7 Å². The summed E-state index contributed by atoms with van der Waals surface area (Å²) in [7, 11) is 0. The molecule has 1 fully saturated rings. The molecule has 0 unspecified atom stereocenters. The second-order valence-electron chi connectivity index (χ2n) is 9.52. The second kappa shape index (κ2) is 11.3. The van der Waals surface area contributed by atoms with E-state index in [9.17, 15) is 9.59 Å². The average Bonchev–Trinajstić information content (AvgIpc) is 3.34. The second-order valence-corrected chi connectivity index (χ2v) is 9.52. The molecule has 2 aromatic heterocycles. The first-order chi connectivity index (χ1) is 18.9. The number of benzene rings is 2. The molecule has 2 aromatic carbocycles. The van der Waals surface area contributed by atoms with Crippen molar-refractivity contribution in [3.8, 4) is 22.8 Å². The normalized spacial score (nSPS) is 15.3. The van der Waals surface area contributed by atoms with Crippen molar-refractivity contribution in [1.82, 2.24) is 24.6 Å². The Balaban J connectivity index is 1.55. The van der Waals surface area contributed by atoms with Gasteiger partial charge in [0.15, 0.2) is 11.5 Å². The number of hydrogen-bond donors (Lipinski definition) is 1. The first kappa shape index (κ1) is 25.9. The Labute approximate surface area is 226 Å². The van der Waals surface area contributed by atoms with Gasteiger partial charge >= 0.3 is 6.09 Å². The zero-order valence-corrected chi connectivity index (χ0v) is 21.9. The summed E-state index contributed by atoms with van der Waals surface area (Å²) in [5, 5.41) is 8.30. The Morgan fingerprint density at radius 1 is 1.08 bits per heavy atom. The summed E-state index contributed by atoms with van der Waals surface area (Å²) in [5.41, 5.74) is 1.95. The summed E-state index contributed by atoms with van der Waals surface area (Å²) in [6.07, 6.45) is 3.46. The maximum absolute atomic E-state index is 12.5. The minimum absolute atomic E-state index is 0.107. The SMILES string of the molecule is C=CC(=O)N1CCC[C@@H](n2nc(-c3ccc(Oc4ccccc4)cc3)c3c(NC(=O)OC(C)C)ncnc32)C1. The maximum Gasteiger partial charge on any atom is 0.413 e. The molecule has 200 valence electrons. The molecule has 0 aliphatic carbocycles. The molecule has 1 N–H and O–H groups in total.